The number of aryl methyl sites for hydroxylation is 1. The van der Waals surface area contributed by atoms with Crippen LogP contribution in [0.3, 0.4) is 0 Å². The molecule has 5 nitrogen and oxygen atoms in total. The van der Waals surface area contributed by atoms with E-state index in [-0.39, 0.29) is 10.7 Å². The molecule has 2 rings (SSSR count). The van der Waals surface area contributed by atoms with Crippen molar-refractivity contribution in [1.29, 1.82) is 0 Å². The van der Waals surface area contributed by atoms with Crippen molar-refractivity contribution in [1.82, 2.24) is 19.7 Å². The van der Waals surface area contributed by atoms with E-state index in [9.17, 15) is 4.79 Å². The summed E-state index contributed by atoms with van der Waals surface area (Å²) >= 11 is 3.33. The van der Waals surface area contributed by atoms with Crippen LogP contribution in [0.15, 0.2) is 6.33 Å². The molecule has 1 amide bonds. The van der Waals surface area contributed by atoms with Crippen LogP contribution < -0.4 is 0 Å². The Morgan fingerprint density at radius 2 is 2.50 bits per heavy atom. The maximum absolute atomic E-state index is 11.6. The third-order valence-electron chi connectivity index (χ3n) is 2.37. The number of aromatic nitrogens is 3. The Hall–Kier alpha value is -0.910. The average molecular weight is 259 g/mol. The number of halogens is 1. The molecular weight excluding hydrogens is 248 g/mol. The summed E-state index contributed by atoms with van der Waals surface area (Å²) in [5.41, 5.74) is 0. The number of amides is 1. The molecule has 2 heterocycles. The predicted octanol–water partition coefficient (Wildman–Crippen LogP) is 0.311. The third-order valence-corrected chi connectivity index (χ3v) is 3.22. The summed E-state index contributed by atoms with van der Waals surface area (Å²) in [6.45, 7) is 1.35. The number of carbonyl (C=O) groups excluding carboxylic acids is 1. The third kappa shape index (κ3) is 1.66. The Kier molecular flexibility index (Phi) is 2.54. The van der Waals surface area contributed by atoms with Gasteiger partial charge < -0.3 is 4.90 Å². The molecule has 1 atom stereocenters. The number of rotatable bonds is 2. The minimum atomic E-state index is -0.0178. The number of hydrogen-bond donors (Lipinski definition) is 0. The van der Waals surface area contributed by atoms with Gasteiger partial charge in [-0.05, 0) is 6.42 Å². The number of likely N-dealkylation sites (tertiary alicyclic amines) is 1. The Bertz CT molecular complexity index is 351. The zero-order valence-electron chi connectivity index (χ0n) is 7.85. The van der Waals surface area contributed by atoms with Crippen LogP contribution in [0.1, 0.15) is 12.2 Å². The molecule has 0 bridgehead atoms. The van der Waals surface area contributed by atoms with E-state index < -0.39 is 0 Å². The summed E-state index contributed by atoms with van der Waals surface area (Å²) in [7, 11) is 1.83. The van der Waals surface area contributed by atoms with Gasteiger partial charge in [-0.1, -0.05) is 15.9 Å². The van der Waals surface area contributed by atoms with Crippen molar-refractivity contribution >= 4 is 21.8 Å². The maximum atomic E-state index is 11.6. The first-order valence-electron chi connectivity index (χ1n) is 4.44. The summed E-state index contributed by atoms with van der Waals surface area (Å²) in [5.74, 6) is 0.966. The minimum absolute atomic E-state index is 0.0178. The Morgan fingerprint density at radius 1 is 1.71 bits per heavy atom. The van der Waals surface area contributed by atoms with E-state index in [1.807, 2.05) is 7.05 Å². The molecule has 1 aromatic rings. The van der Waals surface area contributed by atoms with E-state index >= 15 is 0 Å². The highest BCUT2D eigenvalue weighted by atomic mass is 79.9. The lowest BCUT2D eigenvalue weighted by molar-refractivity contribution is -0.127. The van der Waals surface area contributed by atoms with E-state index in [0.29, 0.717) is 6.54 Å². The van der Waals surface area contributed by atoms with Gasteiger partial charge in [0.05, 0.1) is 11.4 Å². The standard InChI is InChI=1S/C8H11BrN4O/c1-12-7(10-5-11-12)4-13-3-2-6(9)8(13)14/h5-6H,2-4H2,1H3. The molecule has 76 valence electrons. The van der Waals surface area contributed by atoms with E-state index in [1.54, 1.807) is 9.58 Å². The molecule has 1 unspecified atom stereocenters. The average Bonchev–Trinajstić information content (AvgIpc) is 2.68. The number of hydrogen-bond acceptors (Lipinski definition) is 3. The fourth-order valence-electron chi connectivity index (χ4n) is 1.49. The van der Waals surface area contributed by atoms with Crippen molar-refractivity contribution < 1.29 is 4.79 Å². The SMILES string of the molecule is Cn1ncnc1CN1CCC(Br)C1=O. The summed E-state index contributed by atoms with van der Waals surface area (Å²) in [5, 5.41) is 3.96. The monoisotopic (exact) mass is 258 g/mol. The van der Waals surface area contributed by atoms with E-state index in [0.717, 1.165) is 18.8 Å². The maximum Gasteiger partial charge on any atom is 0.236 e. The van der Waals surface area contributed by atoms with Gasteiger partial charge in [-0.3, -0.25) is 9.48 Å². The quantitative estimate of drug-likeness (QED) is 0.718. The number of carbonyl (C=O) groups is 1. The fraction of sp³-hybridized carbons (Fsp3) is 0.625. The smallest absolute Gasteiger partial charge is 0.236 e. The van der Waals surface area contributed by atoms with Gasteiger partial charge in [0.25, 0.3) is 0 Å². The molecule has 0 spiro atoms. The lowest BCUT2D eigenvalue weighted by atomic mass is 10.4. The van der Waals surface area contributed by atoms with Crippen molar-refractivity contribution in [3.05, 3.63) is 12.2 Å². The Labute approximate surface area is 90.2 Å². The molecule has 1 aromatic heterocycles. The van der Waals surface area contributed by atoms with Gasteiger partial charge in [0.15, 0.2) is 0 Å². The van der Waals surface area contributed by atoms with E-state index in [4.69, 9.17) is 0 Å². The van der Waals surface area contributed by atoms with Crippen LogP contribution in [0.4, 0.5) is 0 Å². The van der Waals surface area contributed by atoms with Crippen LogP contribution in [0.2, 0.25) is 0 Å². The van der Waals surface area contributed by atoms with Crippen LogP contribution >= 0.6 is 15.9 Å². The van der Waals surface area contributed by atoms with Gasteiger partial charge in [-0.15, -0.1) is 0 Å². The number of alkyl halides is 1. The summed E-state index contributed by atoms with van der Waals surface area (Å²) in [6.07, 6.45) is 2.37. The molecule has 0 saturated carbocycles. The molecule has 1 aliphatic rings. The summed E-state index contributed by atoms with van der Waals surface area (Å²) < 4.78 is 1.69. The molecule has 0 N–H and O–H groups in total. The molecule has 1 saturated heterocycles. The molecular formula is C8H11BrN4O. The molecule has 6 heteroatoms. The Balaban J connectivity index is 2.06. The molecule has 0 aliphatic carbocycles. The molecule has 1 aliphatic heterocycles. The van der Waals surface area contributed by atoms with Crippen LogP contribution in [-0.2, 0) is 18.4 Å². The lowest BCUT2D eigenvalue weighted by Gasteiger charge is -2.14. The molecule has 1 fully saturated rings. The van der Waals surface area contributed by atoms with Crippen LogP contribution in [0.5, 0.6) is 0 Å². The first kappa shape index (κ1) is 9.64. The van der Waals surface area contributed by atoms with Crippen LogP contribution in [-0.4, -0.2) is 36.9 Å². The minimum Gasteiger partial charge on any atom is -0.334 e. The van der Waals surface area contributed by atoms with Gasteiger partial charge in [-0.25, -0.2) is 4.98 Å². The highest BCUT2D eigenvalue weighted by Crippen LogP contribution is 2.19. The largest absolute Gasteiger partial charge is 0.334 e. The van der Waals surface area contributed by atoms with Gasteiger partial charge >= 0.3 is 0 Å². The first-order chi connectivity index (χ1) is 6.68. The van der Waals surface area contributed by atoms with Gasteiger partial charge in [0.2, 0.25) is 5.91 Å². The topological polar surface area (TPSA) is 51.0 Å². The second-order valence-electron chi connectivity index (χ2n) is 3.32. The van der Waals surface area contributed by atoms with Crippen molar-refractivity contribution in [2.24, 2.45) is 7.05 Å². The predicted molar refractivity (Wildman–Crippen MR) is 53.8 cm³/mol. The molecule has 0 radical (unpaired) electrons. The van der Waals surface area contributed by atoms with Crippen molar-refractivity contribution in [2.75, 3.05) is 6.54 Å². The van der Waals surface area contributed by atoms with Crippen molar-refractivity contribution in [3.8, 4) is 0 Å². The van der Waals surface area contributed by atoms with Gasteiger partial charge in [0, 0.05) is 13.6 Å². The van der Waals surface area contributed by atoms with Crippen LogP contribution in [0.25, 0.3) is 0 Å². The highest BCUT2D eigenvalue weighted by Gasteiger charge is 2.29. The van der Waals surface area contributed by atoms with E-state index in [1.165, 1.54) is 6.33 Å². The highest BCUT2D eigenvalue weighted by molar-refractivity contribution is 9.10. The molecule has 14 heavy (non-hydrogen) atoms. The van der Waals surface area contributed by atoms with Gasteiger partial charge in [-0.2, -0.15) is 5.10 Å². The van der Waals surface area contributed by atoms with Gasteiger partial charge in [0.1, 0.15) is 12.2 Å². The molecule has 0 aromatic carbocycles. The zero-order valence-corrected chi connectivity index (χ0v) is 9.44. The second kappa shape index (κ2) is 3.68. The summed E-state index contributed by atoms with van der Waals surface area (Å²) in [4.78, 5) is 17.4. The summed E-state index contributed by atoms with van der Waals surface area (Å²) in [6, 6.07) is 0. The van der Waals surface area contributed by atoms with Crippen molar-refractivity contribution in [3.63, 3.8) is 0 Å². The second-order valence-corrected chi connectivity index (χ2v) is 4.42. The Morgan fingerprint density at radius 3 is 3.00 bits per heavy atom. The normalized spacial score (nSPS) is 22.0. The fourth-order valence-corrected chi connectivity index (χ4v) is 1.99. The van der Waals surface area contributed by atoms with Crippen molar-refractivity contribution in [2.45, 2.75) is 17.8 Å². The van der Waals surface area contributed by atoms with E-state index in [2.05, 4.69) is 26.0 Å². The lowest BCUT2D eigenvalue weighted by Crippen LogP contribution is -2.28. The zero-order chi connectivity index (χ0) is 10.1. The first-order valence-corrected chi connectivity index (χ1v) is 5.36. The number of nitrogens with zero attached hydrogens (tertiary/aromatic N) is 4. The van der Waals surface area contributed by atoms with Crippen LogP contribution in [0, 0.1) is 0 Å².